The maximum Gasteiger partial charge on any atom is 0.270 e. The molecule has 4 nitrogen and oxygen atoms in total. The highest BCUT2D eigenvalue weighted by Gasteiger charge is 2.13. The van der Waals surface area contributed by atoms with Crippen LogP contribution in [0.15, 0.2) is 22.7 Å². The van der Waals surface area contributed by atoms with Crippen molar-refractivity contribution in [3.8, 4) is 0 Å². The summed E-state index contributed by atoms with van der Waals surface area (Å²) in [6, 6.07) is 5.55. The number of nitro groups is 1. The first-order valence-corrected chi connectivity index (χ1v) is 7.62. The highest BCUT2D eigenvalue weighted by molar-refractivity contribution is 9.10. The lowest BCUT2D eigenvalue weighted by Gasteiger charge is -2.16. The van der Waals surface area contributed by atoms with Crippen LogP contribution in [0.4, 0.5) is 5.69 Å². The van der Waals surface area contributed by atoms with Gasteiger partial charge in [0.25, 0.3) is 5.69 Å². The van der Waals surface area contributed by atoms with E-state index >= 15 is 0 Å². The second kappa shape index (κ2) is 7.01. The summed E-state index contributed by atoms with van der Waals surface area (Å²) >= 11 is 3.41. The Bertz CT molecular complexity index is 443. The molecule has 1 saturated carbocycles. The molecule has 0 bridgehead atoms. The van der Waals surface area contributed by atoms with Crippen LogP contribution in [-0.2, 0) is 6.54 Å². The lowest BCUT2D eigenvalue weighted by molar-refractivity contribution is -0.384. The quantitative estimate of drug-likeness (QED) is 0.513. The van der Waals surface area contributed by atoms with Gasteiger partial charge in [-0.2, -0.15) is 0 Å². The molecular weight excluding hydrogens is 308 g/mol. The van der Waals surface area contributed by atoms with Crippen molar-refractivity contribution in [2.24, 2.45) is 0 Å². The van der Waals surface area contributed by atoms with E-state index in [1.165, 1.54) is 38.5 Å². The second-order valence-electron chi connectivity index (χ2n) is 5.10. The molecular formula is C14H19BrN2O2. The molecule has 0 radical (unpaired) electrons. The van der Waals surface area contributed by atoms with Gasteiger partial charge in [0.15, 0.2) is 0 Å². The zero-order chi connectivity index (χ0) is 13.7. The highest BCUT2D eigenvalue weighted by Crippen LogP contribution is 2.24. The Hall–Kier alpha value is -0.940. The normalized spacial score (nSPS) is 17.1. The van der Waals surface area contributed by atoms with E-state index in [1.54, 1.807) is 12.1 Å². The maximum atomic E-state index is 10.7. The Kier molecular flexibility index (Phi) is 5.34. The molecule has 0 saturated heterocycles. The summed E-state index contributed by atoms with van der Waals surface area (Å²) in [5, 5.41) is 14.2. The largest absolute Gasteiger partial charge is 0.310 e. The van der Waals surface area contributed by atoms with Gasteiger partial charge in [0.05, 0.1) is 4.92 Å². The number of rotatable bonds is 4. The Labute approximate surface area is 121 Å². The smallest absolute Gasteiger partial charge is 0.270 e. The molecule has 0 amide bonds. The van der Waals surface area contributed by atoms with Gasteiger partial charge in [-0.25, -0.2) is 0 Å². The minimum atomic E-state index is -0.368. The van der Waals surface area contributed by atoms with Crippen LogP contribution in [0.5, 0.6) is 0 Å². The number of hydrogen-bond donors (Lipinski definition) is 1. The fraction of sp³-hybridized carbons (Fsp3) is 0.571. The van der Waals surface area contributed by atoms with Crippen LogP contribution in [0, 0.1) is 10.1 Å². The van der Waals surface area contributed by atoms with Crippen LogP contribution in [0.2, 0.25) is 0 Å². The minimum Gasteiger partial charge on any atom is -0.310 e. The number of nitrogens with one attached hydrogen (secondary N) is 1. The predicted octanol–water partition coefficient (Wildman–Crippen LogP) is 4.17. The van der Waals surface area contributed by atoms with Gasteiger partial charge in [-0.1, -0.05) is 41.6 Å². The molecule has 19 heavy (non-hydrogen) atoms. The third-order valence-corrected chi connectivity index (χ3v) is 4.42. The monoisotopic (exact) mass is 326 g/mol. The van der Waals surface area contributed by atoms with Gasteiger partial charge in [0, 0.05) is 29.2 Å². The maximum absolute atomic E-state index is 10.7. The van der Waals surface area contributed by atoms with Gasteiger partial charge in [-0.05, 0) is 24.5 Å². The zero-order valence-corrected chi connectivity index (χ0v) is 12.5. The van der Waals surface area contributed by atoms with Crippen molar-refractivity contribution in [3.05, 3.63) is 38.3 Å². The fourth-order valence-corrected chi connectivity index (χ4v) is 3.04. The van der Waals surface area contributed by atoms with Gasteiger partial charge >= 0.3 is 0 Å². The third-order valence-electron chi connectivity index (χ3n) is 3.68. The molecule has 104 valence electrons. The molecule has 1 N–H and O–H groups in total. The average molecular weight is 327 g/mol. The first kappa shape index (κ1) is 14.5. The van der Waals surface area contributed by atoms with Crippen LogP contribution >= 0.6 is 15.9 Å². The summed E-state index contributed by atoms with van der Waals surface area (Å²) in [5.74, 6) is 0. The molecule has 1 fully saturated rings. The molecule has 0 aliphatic heterocycles. The van der Waals surface area contributed by atoms with Crippen LogP contribution in [-0.4, -0.2) is 11.0 Å². The van der Waals surface area contributed by atoms with Gasteiger partial charge < -0.3 is 5.32 Å². The second-order valence-corrected chi connectivity index (χ2v) is 5.96. The van der Waals surface area contributed by atoms with Crippen LogP contribution in [0.25, 0.3) is 0 Å². The van der Waals surface area contributed by atoms with Crippen molar-refractivity contribution >= 4 is 21.6 Å². The number of halogens is 1. The number of hydrogen-bond acceptors (Lipinski definition) is 3. The summed E-state index contributed by atoms with van der Waals surface area (Å²) in [4.78, 5) is 10.3. The van der Waals surface area contributed by atoms with Crippen molar-refractivity contribution in [3.63, 3.8) is 0 Å². The Morgan fingerprint density at radius 3 is 2.53 bits per heavy atom. The van der Waals surface area contributed by atoms with Crippen molar-refractivity contribution in [2.75, 3.05) is 0 Å². The first-order valence-electron chi connectivity index (χ1n) is 6.83. The molecule has 1 aromatic rings. The van der Waals surface area contributed by atoms with Crippen molar-refractivity contribution in [1.82, 2.24) is 5.32 Å². The molecule has 0 aromatic heterocycles. The van der Waals surface area contributed by atoms with E-state index < -0.39 is 0 Å². The summed E-state index contributed by atoms with van der Waals surface area (Å²) < 4.78 is 0.808. The van der Waals surface area contributed by atoms with Gasteiger partial charge in [-0.3, -0.25) is 10.1 Å². The molecule has 1 aliphatic rings. The minimum absolute atomic E-state index is 0.130. The van der Waals surface area contributed by atoms with E-state index in [0.717, 1.165) is 16.6 Å². The van der Waals surface area contributed by atoms with E-state index in [2.05, 4.69) is 21.2 Å². The molecule has 0 spiro atoms. The van der Waals surface area contributed by atoms with Crippen molar-refractivity contribution < 1.29 is 4.92 Å². The topological polar surface area (TPSA) is 55.2 Å². The number of benzene rings is 1. The molecule has 2 rings (SSSR count). The molecule has 1 aliphatic carbocycles. The predicted molar refractivity (Wildman–Crippen MR) is 79.1 cm³/mol. The SMILES string of the molecule is O=[N+]([O-])c1ccc(CNC2CCCCCC2)c(Br)c1. The van der Waals surface area contributed by atoms with E-state index in [1.807, 2.05) is 6.07 Å². The summed E-state index contributed by atoms with van der Waals surface area (Å²) in [6.07, 6.45) is 7.78. The van der Waals surface area contributed by atoms with E-state index in [0.29, 0.717) is 6.04 Å². The molecule has 1 aromatic carbocycles. The average Bonchev–Trinajstić information content (AvgIpc) is 2.65. The number of nitro benzene ring substituents is 1. The number of nitrogens with zero attached hydrogens (tertiary/aromatic N) is 1. The standard InChI is InChI=1S/C14H19BrN2O2/c15-14-9-13(17(18)19)8-7-11(14)10-16-12-5-3-1-2-4-6-12/h7-9,12,16H,1-6,10H2. The zero-order valence-electron chi connectivity index (χ0n) is 10.9. The number of non-ortho nitro benzene ring substituents is 1. The van der Waals surface area contributed by atoms with Crippen LogP contribution < -0.4 is 5.32 Å². The van der Waals surface area contributed by atoms with Gasteiger partial charge in [0.1, 0.15) is 0 Å². The van der Waals surface area contributed by atoms with Crippen LogP contribution in [0.1, 0.15) is 44.1 Å². The lowest BCUT2D eigenvalue weighted by atomic mass is 10.1. The summed E-state index contributed by atoms with van der Waals surface area (Å²) in [7, 11) is 0. The van der Waals surface area contributed by atoms with E-state index in [-0.39, 0.29) is 10.6 Å². The molecule has 0 atom stereocenters. The Morgan fingerprint density at radius 2 is 1.95 bits per heavy atom. The van der Waals surface area contributed by atoms with E-state index in [9.17, 15) is 10.1 Å². The van der Waals surface area contributed by atoms with E-state index in [4.69, 9.17) is 0 Å². The van der Waals surface area contributed by atoms with Gasteiger partial charge in [-0.15, -0.1) is 0 Å². The summed E-state index contributed by atoms with van der Waals surface area (Å²) in [6.45, 7) is 0.767. The molecule has 0 unspecified atom stereocenters. The van der Waals surface area contributed by atoms with Crippen LogP contribution in [0.3, 0.4) is 0 Å². The summed E-state index contributed by atoms with van der Waals surface area (Å²) in [5.41, 5.74) is 1.21. The Morgan fingerprint density at radius 1 is 1.26 bits per heavy atom. The first-order chi connectivity index (χ1) is 9.16. The fourth-order valence-electron chi connectivity index (χ4n) is 2.53. The molecule has 0 heterocycles. The third kappa shape index (κ3) is 4.28. The van der Waals surface area contributed by atoms with Gasteiger partial charge in [0.2, 0.25) is 0 Å². The lowest BCUT2D eigenvalue weighted by Crippen LogP contribution is -2.27. The molecule has 5 heteroatoms. The highest BCUT2D eigenvalue weighted by atomic mass is 79.9. The van der Waals surface area contributed by atoms with Crippen molar-refractivity contribution in [1.29, 1.82) is 0 Å². The Balaban J connectivity index is 1.93. The van der Waals surface area contributed by atoms with Crippen molar-refractivity contribution in [2.45, 2.75) is 51.1 Å².